The topological polar surface area (TPSA) is 92.6 Å². The number of hydrogen-bond acceptors (Lipinski definition) is 6. The molecule has 10 heteroatoms. The van der Waals surface area contributed by atoms with Gasteiger partial charge < -0.3 is 19.9 Å². The number of rotatable bonds is 9. The molecule has 9 nitrogen and oxygen atoms in total. The Bertz CT molecular complexity index is 1170. The highest BCUT2D eigenvalue weighted by Gasteiger charge is 2.44. The molecule has 228 valence electrons. The standard InChI is InChI=1S/C32H45ClN6O3/c33-26-8-6-24(7-9-26)20-29(36-27-10-12-28(13-11-27)39-18-19-42-31(39)41)30(40)37-16-14-32(15-17-37,21-38-23-34-22-35-38)25-4-2-1-3-5-25/h6-9,22-23,25,27-29,36H,1-5,10-21H2/t27-,28-,29-/m1/s1. The lowest BCUT2D eigenvalue weighted by Crippen LogP contribution is -2.56. The molecule has 0 spiro atoms. The molecule has 2 aliphatic heterocycles. The molecule has 42 heavy (non-hydrogen) atoms. The molecule has 1 aromatic heterocycles. The van der Waals surface area contributed by atoms with E-state index < -0.39 is 0 Å². The molecule has 2 aromatic rings. The van der Waals surface area contributed by atoms with Gasteiger partial charge in [-0.2, -0.15) is 5.10 Å². The molecule has 1 atom stereocenters. The van der Waals surface area contributed by atoms with Gasteiger partial charge in [-0.05, 0) is 86.8 Å². The Morgan fingerprint density at radius 3 is 2.40 bits per heavy atom. The minimum atomic E-state index is -0.290. The normalized spacial score (nSPS) is 25.8. The predicted octanol–water partition coefficient (Wildman–Crippen LogP) is 5.08. The first kappa shape index (κ1) is 29.4. The van der Waals surface area contributed by atoms with Gasteiger partial charge in [0, 0.05) is 36.7 Å². The Labute approximate surface area is 254 Å². The summed E-state index contributed by atoms with van der Waals surface area (Å²) in [5, 5.41) is 8.94. The second-order valence-electron chi connectivity index (χ2n) is 13.0. The fourth-order valence-electron chi connectivity index (χ4n) is 8.09. The zero-order valence-electron chi connectivity index (χ0n) is 24.6. The van der Waals surface area contributed by atoms with Crippen LogP contribution < -0.4 is 5.32 Å². The molecule has 0 unspecified atom stereocenters. The first-order chi connectivity index (χ1) is 20.5. The number of amides is 2. The van der Waals surface area contributed by atoms with Crippen molar-refractivity contribution in [3.05, 3.63) is 47.5 Å². The van der Waals surface area contributed by atoms with Crippen LogP contribution in [0.3, 0.4) is 0 Å². The van der Waals surface area contributed by atoms with Gasteiger partial charge in [-0.25, -0.2) is 9.78 Å². The number of cyclic esters (lactones) is 1. The van der Waals surface area contributed by atoms with E-state index in [9.17, 15) is 9.59 Å². The van der Waals surface area contributed by atoms with Gasteiger partial charge in [-0.15, -0.1) is 0 Å². The van der Waals surface area contributed by atoms with E-state index in [1.807, 2.05) is 40.2 Å². The number of carbonyl (C=O) groups excluding carboxylic acids is 2. The minimum Gasteiger partial charge on any atom is -0.448 e. The van der Waals surface area contributed by atoms with Crippen LogP contribution in [0.1, 0.15) is 76.2 Å². The smallest absolute Gasteiger partial charge is 0.410 e. The van der Waals surface area contributed by atoms with Crippen molar-refractivity contribution in [1.29, 1.82) is 0 Å². The summed E-state index contributed by atoms with van der Waals surface area (Å²) in [7, 11) is 0. The third kappa shape index (κ3) is 6.77. The summed E-state index contributed by atoms with van der Waals surface area (Å²) >= 11 is 6.17. The lowest BCUT2D eigenvalue weighted by Gasteiger charge is -2.48. The van der Waals surface area contributed by atoms with E-state index in [0.29, 0.717) is 30.5 Å². The molecule has 2 saturated heterocycles. The summed E-state index contributed by atoms with van der Waals surface area (Å²) in [4.78, 5) is 34.5. The van der Waals surface area contributed by atoms with E-state index in [-0.39, 0.29) is 35.5 Å². The maximum atomic E-state index is 14.2. The second-order valence-corrected chi connectivity index (χ2v) is 13.4. The summed E-state index contributed by atoms with van der Waals surface area (Å²) in [5.74, 6) is 0.881. The van der Waals surface area contributed by atoms with Crippen LogP contribution >= 0.6 is 11.6 Å². The van der Waals surface area contributed by atoms with Crippen LogP contribution in [0.5, 0.6) is 0 Å². The molecule has 1 N–H and O–H groups in total. The maximum Gasteiger partial charge on any atom is 0.410 e. The Kier molecular flexibility index (Phi) is 9.34. The van der Waals surface area contributed by atoms with Gasteiger partial charge >= 0.3 is 6.09 Å². The largest absolute Gasteiger partial charge is 0.448 e. The van der Waals surface area contributed by atoms with Crippen molar-refractivity contribution < 1.29 is 14.3 Å². The summed E-state index contributed by atoms with van der Waals surface area (Å²) in [5.41, 5.74) is 1.28. The molecule has 4 fully saturated rings. The average molecular weight is 597 g/mol. The quantitative estimate of drug-likeness (QED) is 0.434. The first-order valence-corrected chi connectivity index (χ1v) is 16.4. The highest BCUT2D eigenvalue weighted by molar-refractivity contribution is 6.30. The van der Waals surface area contributed by atoms with Crippen LogP contribution in [0.2, 0.25) is 5.02 Å². The Morgan fingerprint density at radius 2 is 1.76 bits per heavy atom. The first-order valence-electron chi connectivity index (χ1n) is 16.0. The number of ether oxygens (including phenoxy) is 1. The molecule has 2 saturated carbocycles. The van der Waals surface area contributed by atoms with E-state index in [1.165, 1.54) is 32.1 Å². The lowest BCUT2D eigenvalue weighted by molar-refractivity contribution is -0.137. The molecule has 2 aliphatic carbocycles. The van der Waals surface area contributed by atoms with Gasteiger partial charge in [0.15, 0.2) is 0 Å². The lowest BCUT2D eigenvalue weighted by atomic mass is 9.63. The number of aromatic nitrogens is 3. The second kappa shape index (κ2) is 13.3. The summed E-state index contributed by atoms with van der Waals surface area (Å²) in [6.45, 7) is 3.64. The van der Waals surface area contributed by atoms with Crippen molar-refractivity contribution in [3.8, 4) is 0 Å². The van der Waals surface area contributed by atoms with Crippen molar-refractivity contribution >= 4 is 23.6 Å². The summed E-state index contributed by atoms with van der Waals surface area (Å²) < 4.78 is 7.18. The fourth-order valence-corrected chi connectivity index (χ4v) is 8.22. The SMILES string of the molecule is O=C([C@@H](Cc1ccc(Cl)cc1)N[C@H]1CC[C@H](N2CCOC2=O)CC1)N1CCC(Cn2cncn2)(C2CCCCC2)CC1. The number of carbonyl (C=O) groups is 2. The van der Waals surface area contributed by atoms with Gasteiger partial charge in [0.2, 0.25) is 5.91 Å². The zero-order valence-corrected chi connectivity index (χ0v) is 25.4. The molecule has 6 rings (SSSR count). The van der Waals surface area contributed by atoms with Crippen molar-refractivity contribution in [2.24, 2.45) is 11.3 Å². The van der Waals surface area contributed by atoms with E-state index in [2.05, 4.69) is 20.3 Å². The van der Waals surface area contributed by atoms with Gasteiger partial charge in [-0.1, -0.05) is 43.0 Å². The minimum absolute atomic E-state index is 0.166. The number of halogens is 1. The van der Waals surface area contributed by atoms with E-state index >= 15 is 0 Å². The molecule has 4 aliphatic rings. The van der Waals surface area contributed by atoms with Crippen molar-refractivity contribution in [3.63, 3.8) is 0 Å². The molecule has 2 amide bonds. The van der Waals surface area contributed by atoms with Crippen LogP contribution in [0, 0.1) is 11.3 Å². The fraction of sp³-hybridized carbons (Fsp3) is 0.688. The van der Waals surface area contributed by atoms with Crippen LogP contribution in [0.25, 0.3) is 0 Å². The van der Waals surface area contributed by atoms with Gasteiger partial charge in [-0.3, -0.25) is 9.48 Å². The molecule has 0 bridgehead atoms. The van der Waals surface area contributed by atoms with E-state index in [0.717, 1.165) is 63.7 Å². The highest BCUT2D eigenvalue weighted by Crippen LogP contribution is 2.47. The molecule has 0 radical (unpaired) electrons. The third-order valence-electron chi connectivity index (χ3n) is 10.5. The highest BCUT2D eigenvalue weighted by atomic mass is 35.5. The molecule has 1 aromatic carbocycles. The van der Waals surface area contributed by atoms with Crippen molar-refractivity contribution in [1.82, 2.24) is 29.9 Å². The molecule has 3 heterocycles. The van der Waals surface area contributed by atoms with Crippen LogP contribution in [0.4, 0.5) is 4.79 Å². The van der Waals surface area contributed by atoms with Crippen LogP contribution in [-0.4, -0.2) is 80.9 Å². The third-order valence-corrected chi connectivity index (χ3v) is 10.8. The van der Waals surface area contributed by atoms with Gasteiger partial charge in [0.05, 0.1) is 12.6 Å². The number of piperidine rings is 1. The summed E-state index contributed by atoms with van der Waals surface area (Å²) in [6.07, 6.45) is 16.2. The monoisotopic (exact) mass is 596 g/mol. The van der Waals surface area contributed by atoms with Crippen LogP contribution in [0.15, 0.2) is 36.9 Å². The van der Waals surface area contributed by atoms with E-state index in [4.69, 9.17) is 16.3 Å². The Hall–Kier alpha value is -2.65. The van der Waals surface area contributed by atoms with Gasteiger partial charge in [0.25, 0.3) is 0 Å². The maximum absolute atomic E-state index is 14.2. The number of hydrogen-bond donors (Lipinski definition) is 1. The molecular formula is C32H45ClN6O3. The Morgan fingerprint density at radius 1 is 1.02 bits per heavy atom. The number of nitrogens with one attached hydrogen (secondary N) is 1. The summed E-state index contributed by atoms with van der Waals surface area (Å²) in [6, 6.07) is 8.07. The predicted molar refractivity (Wildman–Crippen MR) is 161 cm³/mol. The van der Waals surface area contributed by atoms with Crippen molar-refractivity contribution in [2.45, 2.75) is 102 Å². The number of likely N-dealkylation sites (tertiary alicyclic amines) is 1. The average Bonchev–Trinajstić information content (AvgIpc) is 3.70. The van der Waals surface area contributed by atoms with Crippen molar-refractivity contribution in [2.75, 3.05) is 26.2 Å². The zero-order chi connectivity index (χ0) is 28.9. The molecular weight excluding hydrogens is 552 g/mol. The van der Waals surface area contributed by atoms with Gasteiger partial charge in [0.1, 0.15) is 19.3 Å². The Balaban J connectivity index is 1.12. The van der Waals surface area contributed by atoms with E-state index in [1.54, 1.807) is 6.33 Å². The number of nitrogens with zero attached hydrogens (tertiary/aromatic N) is 5. The number of benzene rings is 1. The van der Waals surface area contributed by atoms with Crippen LogP contribution in [-0.2, 0) is 22.5 Å².